The summed E-state index contributed by atoms with van der Waals surface area (Å²) in [6.07, 6.45) is 0.518. The molecule has 1 fully saturated rings. The van der Waals surface area contributed by atoms with E-state index in [1.807, 2.05) is 19.9 Å². The van der Waals surface area contributed by atoms with E-state index in [-0.39, 0.29) is 23.7 Å². The molecule has 2 unspecified atom stereocenters. The van der Waals surface area contributed by atoms with E-state index in [4.69, 9.17) is 23.2 Å². The Labute approximate surface area is 156 Å². The van der Waals surface area contributed by atoms with Crippen molar-refractivity contribution in [2.45, 2.75) is 20.3 Å². The summed E-state index contributed by atoms with van der Waals surface area (Å²) in [6, 6.07) is 10.8. The molecule has 0 aromatic heterocycles. The van der Waals surface area contributed by atoms with E-state index in [9.17, 15) is 9.59 Å². The summed E-state index contributed by atoms with van der Waals surface area (Å²) in [5.74, 6) is -1.08. The Bertz CT molecular complexity index is 828. The number of carbonyl (C=O) groups is 2. The predicted octanol–water partition coefficient (Wildman–Crippen LogP) is 4.82. The zero-order chi connectivity index (χ0) is 18.1. The molecule has 25 heavy (non-hydrogen) atoms. The fourth-order valence-corrected chi connectivity index (χ4v) is 3.40. The number of benzene rings is 2. The minimum atomic E-state index is -0.348. The monoisotopic (exact) mass is 376 g/mol. The molecule has 0 saturated heterocycles. The highest BCUT2D eigenvalue weighted by Gasteiger charge is 2.48. The van der Waals surface area contributed by atoms with Crippen molar-refractivity contribution in [1.82, 2.24) is 0 Å². The van der Waals surface area contributed by atoms with E-state index in [1.54, 1.807) is 30.3 Å². The second-order valence-corrected chi connectivity index (χ2v) is 7.16. The van der Waals surface area contributed by atoms with Crippen LogP contribution in [0.5, 0.6) is 0 Å². The molecular formula is C19H18Cl2N2O2. The highest BCUT2D eigenvalue weighted by atomic mass is 35.5. The number of aryl methyl sites for hydroxylation is 2. The van der Waals surface area contributed by atoms with Crippen molar-refractivity contribution < 1.29 is 9.59 Å². The van der Waals surface area contributed by atoms with Crippen LogP contribution < -0.4 is 10.6 Å². The topological polar surface area (TPSA) is 58.2 Å². The number of para-hydroxylation sites is 1. The van der Waals surface area contributed by atoms with Gasteiger partial charge in [-0.25, -0.2) is 0 Å². The quantitative estimate of drug-likeness (QED) is 0.802. The number of halogens is 2. The van der Waals surface area contributed by atoms with Crippen molar-refractivity contribution in [1.29, 1.82) is 0 Å². The van der Waals surface area contributed by atoms with Crippen LogP contribution in [0.2, 0.25) is 10.0 Å². The SMILES string of the molecule is Cc1cc(C)c(NC(=O)C2CC2C(=O)Nc2ccccc2Cl)c(Cl)c1. The van der Waals surface area contributed by atoms with Crippen LogP contribution >= 0.6 is 23.2 Å². The first-order chi connectivity index (χ1) is 11.9. The fourth-order valence-electron chi connectivity index (χ4n) is 2.85. The summed E-state index contributed by atoms with van der Waals surface area (Å²) in [6.45, 7) is 3.84. The molecule has 0 bridgehead atoms. The molecule has 0 heterocycles. The van der Waals surface area contributed by atoms with Crippen LogP contribution in [0, 0.1) is 25.7 Å². The predicted molar refractivity (Wildman–Crippen MR) is 101 cm³/mol. The Morgan fingerprint density at radius 3 is 2.24 bits per heavy atom. The third-order valence-corrected chi connectivity index (χ3v) is 4.90. The minimum absolute atomic E-state index is 0.187. The maximum absolute atomic E-state index is 12.4. The molecular weight excluding hydrogens is 359 g/mol. The van der Waals surface area contributed by atoms with E-state index in [1.165, 1.54) is 0 Å². The number of anilines is 2. The number of nitrogens with one attached hydrogen (secondary N) is 2. The molecule has 0 radical (unpaired) electrons. The normalized spacial score (nSPS) is 18.6. The molecule has 1 saturated carbocycles. The van der Waals surface area contributed by atoms with Crippen molar-refractivity contribution in [2.75, 3.05) is 10.6 Å². The van der Waals surface area contributed by atoms with E-state index < -0.39 is 0 Å². The van der Waals surface area contributed by atoms with E-state index in [2.05, 4.69) is 10.6 Å². The smallest absolute Gasteiger partial charge is 0.228 e. The molecule has 2 N–H and O–H groups in total. The van der Waals surface area contributed by atoms with Gasteiger partial charge in [0.05, 0.1) is 33.3 Å². The molecule has 3 rings (SSSR count). The first-order valence-electron chi connectivity index (χ1n) is 8.00. The van der Waals surface area contributed by atoms with Crippen molar-refractivity contribution in [3.05, 3.63) is 57.6 Å². The van der Waals surface area contributed by atoms with Gasteiger partial charge >= 0.3 is 0 Å². The number of hydrogen-bond donors (Lipinski definition) is 2. The Morgan fingerprint density at radius 2 is 1.60 bits per heavy atom. The van der Waals surface area contributed by atoms with Gasteiger partial charge in [-0.05, 0) is 49.6 Å². The Balaban J connectivity index is 1.63. The third-order valence-electron chi connectivity index (χ3n) is 4.28. The molecule has 1 aliphatic rings. The first kappa shape index (κ1) is 17.8. The summed E-state index contributed by atoms with van der Waals surface area (Å²) >= 11 is 12.3. The lowest BCUT2D eigenvalue weighted by molar-refractivity contribution is -0.122. The van der Waals surface area contributed by atoms with Crippen LogP contribution in [0.4, 0.5) is 11.4 Å². The number of hydrogen-bond acceptors (Lipinski definition) is 2. The summed E-state index contributed by atoms with van der Waals surface area (Å²) in [5, 5.41) is 6.60. The molecule has 2 aromatic carbocycles. The van der Waals surface area contributed by atoms with E-state index in [0.717, 1.165) is 11.1 Å². The van der Waals surface area contributed by atoms with Crippen LogP contribution in [0.3, 0.4) is 0 Å². The summed E-state index contributed by atoms with van der Waals surface area (Å²) in [5.41, 5.74) is 3.09. The highest BCUT2D eigenvalue weighted by molar-refractivity contribution is 6.34. The van der Waals surface area contributed by atoms with Crippen LogP contribution in [0.1, 0.15) is 17.5 Å². The van der Waals surface area contributed by atoms with Gasteiger partial charge in [0.25, 0.3) is 0 Å². The Morgan fingerprint density at radius 1 is 0.960 bits per heavy atom. The van der Waals surface area contributed by atoms with Crippen molar-refractivity contribution in [3.63, 3.8) is 0 Å². The molecule has 0 spiro atoms. The summed E-state index contributed by atoms with van der Waals surface area (Å²) in [4.78, 5) is 24.7. The van der Waals surface area contributed by atoms with Crippen LogP contribution in [-0.4, -0.2) is 11.8 Å². The second-order valence-electron chi connectivity index (χ2n) is 6.35. The highest BCUT2D eigenvalue weighted by Crippen LogP contribution is 2.41. The lowest BCUT2D eigenvalue weighted by Crippen LogP contribution is -2.21. The van der Waals surface area contributed by atoms with Gasteiger partial charge in [0, 0.05) is 0 Å². The molecule has 2 amide bonds. The number of carbonyl (C=O) groups excluding carboxylic acids is 2. The number of amides is 2. The molecule has 130 valence electrons. The lowest BCUT2D eigenvalue weighted by atomic mass is 10.1. The van der Waals surface area contributed by atoms with Crippen molar-refractivity contribution >= 4 is 46.4 Å². The van der Waals surface area contributed by atoms with Crippen LogP contribution in [0.25, 0.3) is 0 Å². The standard InChI is InChI=1S/C19H18Cl2N2O2/c1-10-7-11(2)17(15(21)8-10)23-19(25)13-9-12(13)18(24)22-16-6-4-3-5-14(16)20/h3-8,12-13H,9H2,1-2H3,(H,22,24)(H,23,25). The zero-order valence-corrected chi connectivity index (χ0v) is 15.4. The van der Waals surface area contributed by atoms with Gasteiger partial charge in [0.1, 0.15) is 0 Å². The van der Waals surface area contributed by atoms with Gasteiger partial charge < -0.3 is 10.6 Å². The van der Waals surface area contributed by atoms with Crippen LogP contribution in [-0.2, 0) is 9.59 Å². The van der Waals surface area contributed by atoms with Gasteiger partial charge in [-0.3, -0.25) is 9.59 Å². The minimum Gasteiger partial charge on any atom is -0.325 e. The molecule has 1 aliphatic carbocycles. The van der Waals surface area contributed by atoms with Gasteiger partial charge in [-0.1, -0.05) is 41.4 Å². The number of rotatable bonds is 4. The van der Waals surface area contributed by atoms with Crippen molar-refractivity contribution in [3.8, 4) is 0 Å². The van der Waals surface area contributed by atoms with Crippen LogP contribution in [0.15, 0.2) is 36.4 Å². The molecule has 2 aromatic rings. The average Bonchev–Trinajstić information content (AvgIpc) is 3.33. The average molecular weight is 377 g/mol. The summed E-state index contributed by atoms with van der Waals surface area (Å²) < 4.78 is 0. The lowest BCUT2D eigenvalue weighted by Gasteiger charge is -2.11. The first-order valence-corrected chi connectivity index (χ1v) is 8.75. The third kappa shape index (κ3) is 3.97. The van der Waals surface area contributed by atoms with Crippen molar-refractivity contribution in [2.24, 2.45) is 11.8 Å². The van der Waals surface area contributed by atoms with Gasteiger partial charge in [0.2, 0.25) is 11.8 Å². The van der Waals surface area contributed by atoms with E-state index >= 15 is 0 Å². The molecule has 0 aliphatic heterocycles. The van der Waals surface area contributed by atoms with Gasteiger partial charge in [-0.2, -0.15) is 0 Å². The molecule has 4 nitrogen and oxygen atoms in total. The fraction of sp³-hybridized carbons (Fsp3) is 0.263. The Kier molecular flexibility index (Phi) is 5.02. The largest absolute Gasteiger partial charge is 0.325 e. The molecule has 2 atom stereocenters. The van der Waals surface area contributed by atoms with Gasteiger partial charge in [-0.15, -0.1) is 0 Å². The molecule has 6 heteroatoms. The second kappa shape index (κ2) is 7.06. The van der Waals surface area contributed by atoms with Gasteiger partial charge in [0.15, 0.2) is 0 Å². The Hall–Kier alpha value is -2.04. The zero-order valence-electron chi connectivity index (χ0n) is 13.9. The maximum Gasteiger partial charge on any atom is 0.228 e. The van der Waals surface area contributed by atoms with E-state index in [0.29, 0.717) is 27.8 Å². The maximum atomic E-state index is 12.4. The summed E-state index contributed by atoms with van der Waals surface area (Å²) in [7, 11) is 0.